The number of nitrogen functional groups attached to an aromatic ring is 1. The molecule has 182 valence electrons. The Bertz CT molecular complexity index is 1570. The predicted molar refractivity (Wildman–Crippen MR) is 147 cm³/mol. The molecule has 0 fully saturated rings. The second-order valence-corrected chi connectivity index (χ2v) is 8.90. The van der Waals surface area contributed by atoms with Gasteiger partial charge in [-0.25, -0.2) is 9.97 Å². The average molecular weight is 479 g/mol. The number of nitrogens with two attached hydrogens (primary N) is 1. The molecule has 0 unspecified atom stereocenters. The van der Waals surface area contributed by atoms with Crippen LogP contribution in [0, 0.1) is 24.2 Å². The van der Waals surface area contributed by atoms with E-state index in [-0.39, 0.29) is 29.6 Å². The van der Waals surface area contributed by atoms with Gasteiger partial charge in [0.2, 0.25) is 0 Å². The number of nitrogens with one attached hydrogen (secondary N) is 2. The van der Waals surface area contributed by atoms with Crippen molar-refractivity contribution in [3.63, 3.8) is 0 Å². The number of benzene rings is 2. The van der Waals surface area contributed by atoms with Crippen molar-refractivity contribution in [3.8, 4) is 17.5 Å². The van der Waals surface area contributed by atoms with Crippen molar-refractivity contribution in [1.29, 1.82) is 5.41 Å². The third-order valence-electron chi connectivity index (χ3n) is 6.08. The molecule has 4 N–H and O–H groups in total. The molecule has 0 amide bonds. The number of para-hydroxylation sites is 1. The molecule has 4 rings (SSSR count). The van der Waals surface area contributed by atoms with Crippen LogP contribution >= 0.6 is 0 Å². The molecule has 0 aliphatic rings. The van der Waals surface area contributed by atoms with Crippen LogP contribution in [0.4, 0.5) is 11.6 Å². The largest absolute Gasteiger partial charge is 0.383 e. The normalized spacial score (nSPS) is 10.8. The quantitative estimate of drug-likeness (QED) is 0.261. The zero-order valence-electron chi connectivity index (χ0n) is 21.0. The molecule has 0 atom stereocenters. The molecule has 0 saturated carbocycles. The number of fused-ring (bicyclic) bond motifs is 1. The number of pyridine rings is 1. The van der Waals surface area contributed by atoms with Gasteiger partial charge in [-0.2, -0.15) is 0 Å². The van der Waals surface area contributed by atoms with Gasteiger partial charge in [0.1, 0.15) is 23.7 Å². The fourth-order valence-electron chi connectivity index (χ4n) is 4.36. The number of anilines is 2. The van der Waals surface area contributed by atoms with Gasteiger partial charge in [-0.05, 0) is 47.4 Å². The number of hydrogen-bond acceptors (Lipinski definition) is 6. The minimum absolute atomic E-state index is 0.0501. The standard InChI is InChI=1S/C29H30N6O/c1-5-6-13-23(30)26-27(31)33-17-34-28(26)32-16-21-15-20-11-9-10-19(4)25(20)29(36)35(21)24-14-8-7-12-22(24)18(2)3/h7-12,14-15,17-18,30H,5,16H2,1-4H3,(H3,31,32,33,34). The van der Waals surface area contributed by atoms with Crippen molar-refractivity contribution in [3.05, 3.63) is 87.6 Å². The van der Waals surface area contributed by atoms with Gasteiger partial charge in [-0.3, -0.25) is 14.8 Å². The molecular formula is C29H30N6O. The summed E-state index contributed by atoms with van der Waals surface area (Å²) in [5, 5.41) is 13.3. The first-order valence-corrected chi connectivity index (χ1v) is 12.0. The first-order valence-electron chi connectivity index (χ1n) is 12.0. The molecule has 2 heterocycles. The van der Waals surface area contributed by atoms with E-state index in [0.717, 1.165) is 27.9 Å². The maximum absolute atomic E-state index is 13.9. The molecule has 0 radical (unpaired) electrons. The van der Waals surface area contributed by atoms with Crippen molar-refractivity contribution in [1.82, 2.24) is 14.5 Å². The van der Waals surface area contributed by atoms with Crippen LogP contribution in [-0.4, -0.2) is 20.2 Å². The van der Waals surface area contributed by atoms with Gasteiger partial charge in [0.25, 0.3) is 5.56 Å². The maximum atomic E-state index is 13.9. The zero-order valence-corrected chi connectivity index (χ0v) is 21.0. The Hall–Kier alpha value is -4.44. The molecule has 7 heteroatoms. The Morgan fingerprint density at radius 1 is 1.17 bits per heavy atom. The number of aromatic nitrogens is 3. The van der Waals surface area contributed by atoms with Crippen LogP contribution in [0.15, 0.2) is 59.7 Å². The molecule has 0 spiro atoms. The third-order valence-corrected chi connectivity index (χ3v) is 6.08. The topological polar surface area (TPSA) is 110 Å². The van der Waals surface area contributed by atoms with E-state index in [9.17, 15) is 4.79 Å². The van der Waals surface area contributed by atoms with E-state index in [4.69, 9.17) is 11.1 Å². The fraction of sp³-hybridized carbons (Fsp3) is 0.241. The summed E-state index contributed by atoms with van der Waals surface area (Å²) in [5.41, 5.74) is 10.1. The van der Waals surface area contributed by atoms with Crippen molar-refractivity contribution in [2.45, 2.75) is 46.6 Å². The monoisotopic (exact) mass is 478 g/mol. The van der Waals surface area contributed by atoms with Crippen molar-refractivity contribution in [2.24, 2.45) is 0 Å². The first-order chi connectivity index (χ1) is 17.3. The molecule has 2 aromatic heterocycles. The fourth-order valence-corrected chi connectivity index (χ4v) is 4.36. The van der Waals surface area contributed by atoms with E-state index in [1.807, 2.05) is 56.3 Å². The SMILES string of the molecule is CCC#CC(=N)c1c(N)ncnc1NCc1cc2cccc(C)c2c(=O)n1-c1ccccc1C(C)C. The van der Waals surface area contributed by atoms with E-state index in [1.165, 1.54) is 6.33 Å². The van der Waals surface area contributed by atoms with E-state index < -0.39 is 0 Å². The van der Waals surface area contributed by atoms with Crippen LogP contribution in [0.1, 0.15) is 55.5 Å². The summed E-state index contributed by atoms with van der Waals surface area (Å²) >= 11 is 0. The molecule has 0 bridgehead atoms. The Labute approximate surface area is 210 Å². The number of aryl methyl sites for hydroxylation is 1. The van der Waals surface area contributed by atoms with Crippen LogP contribution in [0.25, 0.3) is 16.5 Å². The van der Waals surface area contributed by atoms with Gasteiger partial charge in [-0.1, -0.05) is 63.1 Å². The molecule has 0 aliphatic carbocycles. The molecule has 2 aromatic carbocycles. The van der Waals surface area contributed by atoms with Gasteiger partial charge in [-0.15, -0.1) is 0 Å². The van der Waals surface area contributed by atoms with Gasteiger partial charge in [0.15, 0.2) is 0 Å². The second-order valence-electron chi connectivity index (χ2n) is 8.90. The summed E-state index contributed by atoms with van der Waals surface area (Å²) in [6, 6.07) is 15.9. The highest BCUT2D eigenvalue weighted by Crippen LogP contribution is 2.26. The lowest BCUT2D eigenvalue weighted by Crippen LogP contribution is -2.25. The summed E-state index contributed by atoms with van der Waals surface area (Å²) < 4.78 is 1.78. The Morgan fingerprint density at radius 3 is 2.69 bits per heavy atom. The van der Waals surface area contributed by atoms with Crippen LogP contribution in [0.2, 0.25) is 0 Å². The highest BCUT2D eigenvalue weighted by Gasteiger charge is 2.18. The molecular weight excluding hydrogens is 448 g/mol. The zero-order chi connectivity index (χ0) is 25.8. The Morgan fingerprint density at radius 2 is 1.94 bits per heavy atom. The van der Waals surface area contributed by atoms with E-state index >= 15 is 0 Å². The molecule has 0 aliphatic heterocycles. The Balaban J connectivity index is 1.88. The second kappa shape index (κ2) is 10.4. The minimum Gasteiger partial charge on any atom is -0.383 e. The number of hydrogen-bond donors (Lipinski definition) is 3. The summed E-state index contributed by atoms with van der Waals surface area (Å²) in [5.74, 6) is 6.51. The van der Waals surface area contributed by atoms with E-state index in [1.54, 1.807) is 4.57 Å². The minimum atomic E-state index is -0.0699. The van der Waals surface area contributed by atoms with Gasteiger partial charge in [0, 0.05) is 12.1 Å². The summed E-state index contributed by atoms with van der Waals surface area (Å²) in [6.07, 6.45) is 1.98. The predicted octanol–water partition coefficient (Wildman–Crippen LogP) is 5.19. The van der Waals surface area contributed by atoms with Crippen LogP contribution in [0.5, 0.6) is 0 Å². The molecule has 0 saturated heterocycles. The van der Waals surface area contributed by atoms with Gasteiger partial charge in [0.05, 0.1) is 23.2 Å². The smallest absolute Gasteiger partial charge is 0.263 e. The Kier molecular flexibility index (Phi) is 7.16. The van der Waals surface area contributed by atoms with Crippen LogP contribution in [-0.2, 0) is 6.54 Å². The molecule has 36 heavy (non-hydrogen) atoms. The summed E-state index contributed by atoms with van der Waals surface area (Å²) in [6.45, 7) is 8.39. The highest BCUT2D eigenvalue weighted by molar-refractivity contribution is 6.16. The number of rotatable bonds is 6. The lowest BCUT2D eigenvalue weighted by molar-refractivity contribution is 0.819. The molecule has 4 aromatic rings. The van der Waals surface area contributed by atoms with Crippen LogP contribution < -0.4 is 16.6 Å². The highest BCUT2D eigenvalue weighted by atomic mass is 16.1. The van der Waals surface area contributed by atoms with E-state index in [0.29, 0.717) is 23.2 Å². The van der Waals surface area contributed by atoms with Gasteiger partial charge < -0.3 is 11.1 Å². The van der Waals surface area contributed by atoms with Crippen molar-refractivity contribution >= 4 is 28.1 Å². The summed E-state index contributed by atoms with van der Waals surface area (Å²) in [7, 11) is 0. The molecule has 7 nitrogen and oxygen atoms in total. The third kappa shape index (κ3) is 4.71. The number of nitrogens with zero attached hydrogens (tertiary/aromatic N) is 3. The maximum Gasteiger partial charge on any atom is 0.263 e. The lowest BCUT2D eigenvalue weighted by Gasteiger charge is -2.20. The van der Waals surface area contributed by atoms with Crippen molar-refractivity contribution in [2.75, 3.05) is 11.1 Å². The van der Waals surface area contributed by atoms with Crippen molar-refractivity contribution < 1.29 is 0 Å². The first kappa shape index (κ1) is 24.7. The lowest BCUT2D eigenvalue weighted by atomic mass is 10.00. The van der Waals surface area contributed by atoms with Crippen LogP contribution in [0.3, 0.4) is 0 Å². The van der Waals surface area contributed by atoms with E-state index in [2.05, 4.69) is 47.0 Å². The summed E-state index contributed by atoms with van der Waals surface area (Å²) in [4.78, 5) is 22.3. The average Bonchev–Trinajstić information content (AvgIpc) is 2.86. The van der Waals surface area contributed by atoms with Gasteiger partial charge >= 0.3 is 0 Å².